The summed E-state index contributed by atoms with van der Waals surface area (Å²) in [6, 6.07) is 8.18. The lowest BCUT2D eigenvalue weighted by atomic mass is 10.1. The van der Waals surface area contributed by atoms with Gasteiger partial charge in [-0.15, -0.1) is 34.2 Å². The minimum atomic E-state index is 0. The summed E-state index contributed by atoms with van der Waals surface area (Å²) in [6.45, 7) is 4.57. The number of nitrogens with zero attached hydrogens (tertiary/aromatic N) is 4. The molecule has 1 aliphatic rings. The lowest BCUT2D eigenvalue weighted by Gasteiger charge is -2.16. The molecule has 1 aliphatic heterocycles. The average Bonchev–Trinajstić information content (AvgIpc) is 3.24. The van der Waals surface area contributed by atoms with E-state index in [1.807, 2.05) is 36.7 Å². The van der Waals surface area contributed by atoms with Gasteiger partial charge in [-0.25, -0.2) is 4.99 Å². The maximum atomic E-state index is 5.99. The number of aryl methyl sites for hydroxylation is 1. The van der Waals surface area contributed by atoms with Gasteiger partial charge in [0.15, 0.2) is 11.8 Å². The van der Waals surface area contributed by atoms with Crippen LogP contribution in [0.2, 0.25) is 0 Å². The Labute approximate surface area is 183 Å². The molecule has 1 aromatic carbocycles. The van der Waals surface area contributed by atoms with Crippen molar-refractivity contribution in [2.24, 2.45) is 12.0 Å². The number of halogens is 1. The predicted octanol–water partition coefficient (Wildman–Crippen LogP) is 1.82. The molecular formula is C19H29IN6O2. The van der Waals surface area contributed by atoms with E-state index in [-0.39, 0.29) is 30.1 Å². The van der Waals surface area contributed by atoms with Crippen LogP contribution in [0, 0.1) is 6.92 Å². The number of benzene rings is 1. The molecule has 0 aliphatic carbocycles. The third-order valence-electron chi connectivity index (χ3n) is 4.59. The molecule has 2 heterocycles. The van der Waals surface area contributed by atoms with E-state index in [0.717, 1.165) is 42.7 Å². The van der Waals surface area contributed by atoms with E-state index >= 15 is 0 Å². The quantitative estimate of drug-likeness (QED) is 0.249. The molecule has 2 N–H and O–H groups in total. The van der Waals surface area contributed by atoms with Gasteiger partial charge in [0.1, 0.15) is 24.2 Å². The fraction of sp³-hybridized carbons (Fsp3) is 0.526. The van der Waals surface area contributed by atoms with Crippen molar-refractivity contribution < 1.29 is 9.47 Å². The van der Waals surface area contributed by atoms with Gasteiger partial charge < -0.3 is 24.7 Å². The maximum Gasteiger partial charge on any atom is 0.191 e. The minimum absolute atomic E-state index is 0. The van der Waals surface area contributed by atoms with Crippen molar-refractivity contribution in [3.05, 3.63) is 41.5 Å². The van der Waals surface area contributed by atoms with Crippen LogP contribution >= 0.6 is 24.0 Å². The van der Waals surface area contributed by atoms with Gasteiger partial charge in [-0.3, -0.25) is 0 Å². The summed E-state index contributed by atoms with van der Waals surface area (Å²) < 4.78 is 13.0. The number of methoxy groups -OCH3 is 1. The van der Waals surface area contributed by atoms with Crippen LogP contribution < -0.4 is 15.4 Å². The maximum absolute atomic E-state index is 5.99. The first kappa shape index (κ1) is 22.4. The van der Waals surface area contributed by atoms with Crippen LogP contribution in [0.1, 0.15) is 23.6 Å². The smallest absolute Gasteiger partial charge is 0.191 e. The first-order valence-corrected chi connectivity index (χ1v) is 9.28. The molecule has 1 aromatic heterocycles. The lowest BCUT2D eigenvalue weighted by molar-refractivity contribution is 0.195. The number of aliphatic imine (C=N–C) groups is 1. The zero-order chi connectivity index (χ0) is 19.1. The Balaban J connectivity index is 0.00000280. The predicted molar refractivity (Wildman–Crippen MR) is 119 cm³/mol. The Morgan fingerprint density at radius 1 is 1.32 bits per heavy atom. The highest BCUT2D eigenvalue weighted by atomic mass is 127. The second-order valence-electron chi connectivity index (χ2n) is 6.59. The normalized spacial score (nSPS) is 15.5. The third kappa shape index (κ3) is 6.06. The van der Waals surface area contributed by atoms with Crippen LogP contribution in [-0.4, -0.2) is 53.6 Å². The minimum Gasteiger partial charge on any atom is -0.488 e. The number of hydrogen-bond acceptors (Lipinski definition) is 5. The summed E-state index contributed by atoms with van der Waals surface area (Å²) in [4.78, 5) is 4.65. The zero-order valence-corrected chi connectivity index (χ0v) is 19.0. The highest BCUT2D eigenvalue weighted by molar-refractivity contribution is 14.0. The molecule has 0 saturated heterocycles. The number of nitrogens with one attached hydrogen (secondary N) is 2. The fourth-order valence-electron chi connectivity index (χ4n) is 2.91. The van der Waals surface area contributed by atoms with Gasteiger partial charge in [0.2, 0.25) is 0 Å². The number of aromatic nitrogens is 3. The van der Waals surface area contributed by atoms with E-state index in [0.29, 0.717) is 19.7 Å². The van der Waals surface area contributed by atoms with Gasteiger partial charge in [0.05, 0.1) is 6.54 Å². The lowest BCUT2D eigenvalue weighted by Crippen LogP contribution is -2.42. The molecule has 0 spiro atoms. The topological polar surface area (TPSA) is 85.6 Å². The SMILES string of the molecule is COCCCNC(=NCc1nnc(C)n1C)NCC1Cc2ccccc2O1.I. The second kappa shape index (κ2) is 11.2. The number of fused-ring (bicyclic) bond motifs is 1. The van der Waals surface area contributed by atoms with E-state index in [1.165, 1.54) is 5.56 Å². The van der Waals surface area contributed by atoms with Crippen LogP contribution in [0.4, 0.5) is 0 Å². The van der Waals surface area contributed by atoms with Crippen LogP contribution in [0.15, 0.2) is 29.3 Å². The molecule has 0 fully saturated rings. The number of ether oxygens (including phenoxy) is 2. The van der Waals surface area contributed by atoms with E-state index < -0.39 is 0 Å². The van der Waals surface area contributed by atoms with Gasteiger partial charge >= 0.3 is 0 Å². The summed E-state index contributed by atoms with van der Waals surface area (Å²) >= 11 is 0. The molecule has 154 valence electrons. The standard InChI is InChI=1S/C19H28N6O2.HI/c1-14-23-24-18(25(14)2)13-22-19(20-9-6-10-26-3)21-12-16-11-15-7-4-5-8-17(15)27-16;/h4-5,7-8,16H,6,9-13H2,1-3H3,(H2,20,21,22);1H. The molecule has 1 unspecified atom stereocenters. The van der Waals surface area contributed by atoms with Crippen molar-refractivity contribution >= 4 is 29.9 Å². The Hall–Kier alpha value is -1.88. The molecular weight excluding hydrogens is 471 g/mol. The van der Waals surface area contributed by atoms with Crippen molar-refractivity contribution in [3.63, 3.8) is 0 Å². The molecule has 0 bridgehead atoms. The van der Waals surface area contributed by atoms with Crippen molar-refractivity contribution in [1.29, 1.82) is 0 Å². The monoisotopic (exact) mass is 500 g/mol. The highest BCUT2D eigenvalue weighted by Crippen LogP contribution is 2.27. The molecule has 3 rings (SSSR count). The Morgan fingerprint density at radius 2 is 2.14 bits per heavy atom. The molecule has 0 amide bonds. The zero-order valence-electron chi connectivity index (χ0n) is 16.6. The largest absolute Gasteiger partial charge is 0.488 e. The third-order valence-corrected chi connectivity index (χ3v) is 4.59. The summed E-state index contributed by atoms with van der Waals surface area (Å²) in [6.07, 6.45) is 1.92. The van der Waals surface area contributed by atoms with Crippen LogP contribution in [0.25, 0.3) is 0 Å². The first-order valence-electron chi connectivity index (χ1n) is 9.28. The number of rotatable bonds is 8. The van der Waals surface area contributed by atoms with E-state index in [1.54, 1.807) is 7.11 Å². The molecule has 8 nitrogen and oxygen atoms in total. The summed E-state index contributed by atoms with van der Waals surface area (Å²) in [7, 11) is 3.65. The molecule has 2 aromatic rings. The number of hydrogen-bond donors (Lipinski definition) is 2. The molecule has 0 radical (unpaired) electrons. The molecule has 9 heteroatoms. The molecule has 28 heavy (non-hydrogen) atoms. The molecule has 1 atom stereocenters. The van der Waals surface area contributed by atoms with Crippen molar-refractivity contribution in [2.45, 2.75) is 32.4 Å². The molecule has 0 saturated carbocycles. The Kier molecular flexibility index (Phi) is 8.97. The van der Waals surface area contributed by atoms with Crippen LogP contribution in [0.5, 0.6) is 5.75 Å². The van der Waals surface area contributed by atoms with E-state index in [4.69, 9.17) is 9.47 Å². The summed E-state index contributed by atoms with van der Waals surface area (Å²) in [5, 5.41) is 15.0. The van der Waals surface area contributed by atoms with Gasteiger partial charge in [-0.2, -0.15) is 0 Å². The van der Waals surface area contributed by atoms with Crippen molar-refractivity contribution in [1.82, 2.24) is 25.4 Å². The van der Waals surface area contributed by atoms with Gasteiger partial charge in [-0.1, -0.05) is 18.2 Å². The van der Waals surface area contributed by atoms with Gasteiger partial charge in [-0.05, 0) is 25.0 Å². The summed E-state index contributed by atoms with van der Waals surface area (Å²) in [5.41, 5.74) is 1.26. The van der Waals surface area contributed by atoms with Crippen molar-refractivity contribution in [3.8, 4) is 5.75 Å². The number of para-hydroxylation sites is 1. The summed E-state index contributed by atoms with van der Waals surface area (Å²) in [5.74, 6) is 3.42. The van der Waals surface area contributed by atoms with Gasteiger partial charge in [0.25, 0.3) is 0 Å². The van der Waals surface area contributed by atoms with Gasteiger partial charge in [0, 0.05) is 33.7 Å². The van der Waals surface area contributed by atoms with E-state index in [9.17, 15) is 0 Å². The first-order chi connectivity index (χ1) is 13.2. The Bertz CT molecular complexity index is 755. The second-order valence-corrected chi connectivity index (χ2v) is 6.59. The van der Waals surface area contributed by atoms with E-state index in [2.05, 4.69) is 31.9 Å². The number of guanidine groups is 1. The van der Waals surface area contributed by atoms with Crippen LogP contribution in [-0.2, 0) is 24.8 Å². The Morgan fingerprint density at radius 3 is 2.86 bits per heavy atom. The fourth-order valence-corrected chi connectivity index (χ4v) is 2.91. The average molecular weight is 500 g/mol. The van der Waals surface area contributed by atoms with Crippen molar-refractivity contribution in [2.75, 3.05) is 26.8 Å². The van der Waals surface area contributed by atoms with Crippen LogP contribution in [0.3, 0.4) is 0 Å². The highest BCUT2D eigenvalue weighted by Gasteiger charge is 2.22.